The molecule has 0 radical (unpaired) electrons. The minimum Gasteiger partial charge on any atom is -0.493 e. The van der Waals surface area contributed by atoms with Crippen LogP contribution in [0.1, 0.15) is 43.0 Å². The highest BCUT2D eigenvalue weighted by Crippen LogP contribution is 2.18. The number of carbonyl (C=O) groups excluding carboxylic acids is 3. The maximum atomic E-state index is 12.2. The molecule has 1 aromatic carbocycles. The van der Waals surface area contributed by atoms with Crippen LogP contribution in [0.5, 0.6) is 5.75 Å². The van der Waals surface area contributed by atoms with Crippen LogP contribution in [0.4, 0.5) is 0 Å². The van der Waals surface area contributed by atoms with Crippen LogP contribution in [0.25, 0.3) is 0 Å². The van der Waals surface area contributed by atoms with Gasteiger partial charge >= 0.3 is 0 Å². The molecule has 3 amide bonds. The first-order valence-electron chi connectivity index (χ1n) is 8.66. The molecule has 0 spiro atoms. The monoisotopic (exact) mass is 347 g/mol. The molecule has 1 aliphatic carbocycles. The maximum Gasteiger partial charge on any atom is 0.255 e. The van der Waals surface area contributed by atoms with E-state index in [-0.39, 0.29) is 30.7 Å². The Balaban J connectivity index is 1.62. The normalized spacial score (nSPS) is 13.0. The molecule has 0 saturated heterocycles. The summed E-state index contributed by atoms with van der Waals surface area (Å²) in [5, 5.41) is 8.15. The summed E-state index contributed by atoms with van der Waals surface area (Å²) in [4.78, 5) is 35.3. The van der Waals surface area contributed by atoms with Crippen LogP contribution in [-0.2, 0) is 9.59 Å². The van der Waals surface area contributed by atoms with Gasteiger partial charge in [-0.1, -0.05) is 12.1 Å². The van der Waals surface area contributed by atoms with E-state index >= 15 is 0 Å². The summed E-state index contributed by atoms with van der Waals surface area (Å²) in [5.41, 5.74) is 0.477. The Morgan fingerprint density at radius 3 is 2.60 bits per heavy atom. The number of nitrogens with one attached hydrogen (secondary N) is 3. The Kier molecular flexibility index (Phi) is 7.25. The fourth-order valence-corrected chi connectivity index (χ4v) is 2.26. The molecule has 0 unspecified atom stereocenters. The van der Waals surface area contributed by atoms with Crippen molar-refractivity contribution in [2.45, 2.75) is 38.6 Å². The first kappa shape index (κ1) is 18.8. The lowest BCUT2D eigenvalue weighted by molar-refractivity contribution is -0.126. The molecule has 136 valence electrons. The summed E-state index contributed by atoms with van der Waals surface area (Å²) in [5.74, 6) is -0.0400. The highest BCUT2D eigenvalue weighted by Gasteiger charge is 2.23. The number of ether oxygens (including phenoxy) is 1. The SMILES string of the molecule is CCOc1ccccc1C(=O)NCCCC(=O)NCC(=O)NC1CC1. The smallest absolute Gasteiger partial charge is 0.255 e. The predicted molar refractivity (Wildman–Crippen MR) is 93.4 cm³/mol. The van der Waals surface area contributed by atoms with Gasteiger partial charge in [0, 0.05) is 19.0 Å². The summed E-state index contributed by atoms with van der Waals surface area (Å²) in [6.45, 7) is 2.72. The van der Waals surface area contributed by atoms with Crippen LogP contribution in [0, 0.1) is 0 Å². The molecule has 7 heteroatoms. The average Bonchev–Trinajstić information content (AvgIpc) is 3.41. The van der Waals surface area contributed by atoms with E-state index in [1.807, 2.05) is 13.0 Å². The largest absolute Gasteiger partial charge is 0.493 e. The zero-order valence-electron chi connectivity index (χ0n) is 14.5. The van der Waals surface area contributed by atoms with Crippen molar-refractivity contribution in [3.05, 3.63) is 29.8 Å². The molecule has 2 rings (SSSR count). The van der Waals surface area contributed by atoms with Crippen molar-refractivity contribution in [3.8, 4) is 5.75 Å². The van der Waals surface area contributed by atoms with Crippen molar-refractivity contribution < 1.29 is 19.1 Å². The van der Waals surface area contributed by atoms with E-state index < -0.39 is 0 Å². The molecule has 1 fully saturated rings. The Bertz CT molecular complexity index is 614. The standard InChI is InChI=1S/C18H25N3O4/c1-2-25-15-7-4-3-6-14(15)18(24)19-11-5-8-16(22)20-12-17(23)21-13-9-10-13/h3-4,6-7,13H,2,5,8-12H2,1H3,(H,19,24)(H,20,22)(H,21,23). The number of hydrogen-bond donors (Lipinski definition) is 3. The van der Waals surface area contributed by atoms with Crippen molar-refractivity contribution in [2.75, 3.05) is 19.7 Å². The van der Waals surface area contributed by atoms with Crippen molar-refractivity contribution in [2.24, 2.45) is 0 Å². The van der Waals surface area contributed by atoms with Crippen molar-refractivity contribution >= 4 is 17.7 Å². The van der Waals surface area contributed by atoms with Gasteiger partial charge in [-0.05, 0) is 38.3 Å². The number of para-hydroxylation sites is 1. The highest BCUT2D eigenvalue weighted by molar-refractivity contribution is 5.96. The molecule has 1 saturated carbocycles. The molecule has 0 aromatic heterocycles. The molecule has 0 atom stereocenters. The Labute approximate surface area is 147 Å². The van der Waals surface area contributed by atoms with E-state index in [1.54, 1.807) is 18.2 Å². The molecular weight excluding hydrogens is 322 g/mol. The molecular formula is C18H25N3O4. The van der Waals surface area contributed by atoms with Crippen LogP contribution >= 0.6 is 0 Å². The van der Waals surface area contributed by atoms with Gasteiger partial charge in [0.05, 0.1) is 18.7 Å². The number of amides is 3. The van der Waals surface area contributed by atoms with Gasteiger partial charge in [0.15, 0.2) is 0 Å². The molecule has 1 aliphatic rings. The van der Waals surface area contributed by atoms with Gasteiger partial charge in [-0.2, -0.15) is 0 Å². The molecule has 3 N–H and O–H groups in total. The van der Waals surface area contributed by atoms with E-state index in [2.05, 4.69) is 16.0 Å². The van der Waals surface area contributed by atoms with E-state index in [0.29, 0.717) is 36.9 Å². The third kappa shape index (κ3) is 6.82. The second-order valence-electron chi connectivity index (χ2n) is 5.91. The average molecular weight is 347 g/mol. The van der Waals surface area contributed by atoms with Gasteiger partial charge < -0.3 is 20.7 Å². The Morgan fingerprint density at radius 1 is 1.12 bits per heavy atom. The number of carbonyl (C=O) groups is 3. The zero-order valence-corrected chi connectivity index (χ0v) is 14.5. The predicted octanol–water partition coefficient (Wildman–Crippen LogP) is 0.990. The second kappa shape index (κ2) is 9.66. The van der Waals surface area contributed by atoms with Gasteiger partial charge in [-0.3, -0.25) is 14.4 Å². The van der Waals surface area contributed by atoms with Crippen LogP contribution in [0.3, 0.4) is 0 Å². The fourth-order valence-electron chi connectivity index (χ4n) is 2.26. The minimum atomic E-state index is -0.228. The lowest BCUT2D eigenvalue weighted by atomic mass is 10.2. The van der Waals surface area contributed by atoms with Crippen LogP contribution in [-0.4, -0.2) is 43.5 Å². The molecule has 0 bridgehead atoms. The van der Waals surface area contributed by atoms with Gasteiger partial charge in [-0.15, -0.1) is 0 Å². The van der Waals surface area contributed by atoms with Crippen molar-refractivity contribution in [1.29, 1.82) is 0 Å². The number of rotatable bonds is 10. The van der Waals surface area contributed by atoms with Gasteiger partial charge in [0.1, 0.15) is 5.75 Å². The first-order chi connectivity index (χ1) is 12.1. The third-order valence-electron chi connectivity index (χ3n) is 3.69. The minimum absolute atomic E-state index is 0.00340. The molecule has 0 aliphatic heterocycles. The zero-order chi connectivity index (χ0) is 18.1. The second-order valence-corrected chi connectivity index (χ2v) is 5.91. The quantitative estimate of drug-likeness (QED) is 0.550. The van der Waals surface area contributed by atoms with Crippen LogP contribution < -0.4 is 20.7 Å². The Hall–Kier alpha value is -2.57. The number of hydrogen-bond acceptors (Lipinski definition) is 4. The molecule has 0 heterocycles. The topological polar surface area (TPSA) is 96.5 Å². The maximum absolute atomic E-state index is 12.2. The van der Waals surface area contributed by atoms with Gasteiger partial charge in [0.2, 0.25) is 11.8 Å². The number of benzene rings is 1. The van der Waals surface area contributed by atoms with E-state index in [4.69, 9.17) is 4.74 Å². The summed E-state index contributed by atoms with van der Waals surface area (Å²) in [6.07, 6.45) is 2.79. The van der Waals surface area contributed by atoms with E-state index in [1.165, 1.54) is 0 Å². The molecule has 1 aromatic rings. The van der Waals surface area contributed by atoms with Gasteiger partial charge in [0.25, 0.3) is 5.91 Å². The summed E-state index contributed by atoms with van der Waals surface area (Å²) in [6, 6.07) is 7.33. The molecule has 25 heavy (non-hydrogen) atoms. The first-order valence-corrected chi connectivity index (χ1v) is 8.66. The Morgan fingerprint density at radius 2 is 1.88 bits per heavy atom. The van der Waals surface area contributed by atoms with Crippen LogP contribution in [0.15, 0.2) is 24.3 Å². The highest BCUT2D eigenvalue weighted by atomic mass is 16.5. The van der Waals surface area contributed by atoms with E-state index in [0.717, 1.165) is 12.8 Å². The lowest BCUT2D eigenvalue weighted by Gasteiger charge is -2.10. The fraction of sp³-hybridized carbons (Fsp3) is 0.500. The van der Waals surface area contributed by atoms with Crippen molar-refractivity contribution in [3.63, 3.8) is 0 Å². The van der Waals surface area contributed by atoms with Crippen molar-refractivity contribution in [1.82, 2.24) is 16.0 Å². The summed E-state index contributed by atoms with van der Waals surface area (Å²) in [7, 11) is 0. The summed E-state index contributed by atoms with van der Waals surface area (Å²) < 4.78 is 5.43. The van der Waals surface area contributed by atoms with Gasteiger partial charge in [-0.25, -0.2) is 0 Å². The lowest BCUT2D eigenvalue weighted by Crippen LogP contribution is -2.38. The van der Waals surface area contributed by atoms with E-state index in [9.17, 15) is 14.4 Å². The van der Waals surface area contributed by atoms with Crippen LogP contribution in [0.2, 0.25) is 0 Å². The summed E-state index contributed by atoms with van der Waals surface area (Å²) >= 11 is 0. The molecule has 7 nitrogen and oxygen atoms in total. The third-order valence-corrected chi connectivity index (χ3v) is 3.69.